The van der Waals surface area contributed by atoms with E-state index in [0.29, 0.717) is 44.3 Å². The predicted molar refractivity (Wildman–Crippen MR) is 99.6 cm³/mol. The molecule has 2 saturated heterocycles. The van der Waals surface area contributed by atoms with Crippen LogP contribution < -0.4 is 5.32 Å². The molecular weight excluding hydrogens is 354 g/mol. The molecule has 1 aromatic rings. The number of carbonyl (C=O) groups excluding carboxylic acids is 1. The van der Waals surface area contributed by atoms with E-state index in [2.05, 4.69) is 5.32 Å². The second-order valence-electron chi connectivity index (χ2n) is 6.69. The molecule has 1 aromatic carbocycles. The Morgan fingerprint density at radius 1 is 0.962 bits per heavy atom. The topological polar surface area (TPSA) is 79.0 Å². The van der Waals surface area contributed by atoms with Gasteiger partial charge in [-0.1, -0.05) is 12.8 Å². The molecule has 7 nitrogen and oxygen atoms in total. The molecule has 0 spiro atoms. The summed E-state index contributed by atoms with van der Waals surface area (Å²) in [6.45, 7) is 3.77. The number of amides is 1. The first kappa shape index (κ1) is 19.1. The van der Waals surface area contributed by atoms with Gasteiger partial charge in [-0.15, -0.1) is 0 Å². The molecule has 1 amide bonds. The lowest BCUT2D eigenvalue weighted by Crippen LogP contribution is -2.43. The van der Waals surface area contributed by atoms with Crippen LogP contribution in [0.1, 0.15) is 25.7 Å². The molecule has 1 N–H and O–H groups in total. The minimum Gasteiger partial charge on any atom is -0.378 e. The maximum absolute atomic E-state index is 12.8. The fourth-order valence-corrected chi connectivity index (χ4v) is 4.80. The Hall–Kier alpha value is -1.64. The third kappa shape index (κ3) is 4.75. The van der Waals surface area contributed by atoms with Crippen LogP contribution >= 0.6 is 0 Å². The van der Waals surface area contributed by atoms with Crippen LogP contribution in [0.25, 0.3) is 0 Å². The molecule has 2 aliphatic rings. The van der Waals surface area contributed by atoms with Gasteiger partial charge in [-0.25, -0.2) is 8.42 Å². The number of ether oxygens (including phenoxy) is 1. The summed E-state index contributed by atoms with van der Waals surface area (Å²) in [6.07, 6.45) is 4.02. The van der Waals surface area contributed by atoms with E-state index < -0.39 is 10.0 Å². The average molecular weight is 381 g/mol. The lowest BCUT2D eigenvalue weighted by Gasteiger charge is -2.27. The molecule has 0 unspecified atom stereocenters. The van der Waals surface area contributed by atoms with Crippen LogP contribution in [-0.4, -0.2) is 69.5 Å². The van der Waals surface area contributed by atoms with Crippen molar-refractivity contribution >= 4 is 21.6 Å². The van der Waals surface area contributed by atoms with E-state index >= 15 is 0 Å². The van der Waals surface area contributed by atoms with Gasteiger partial charge < -0.3 is 15.0 Å². The van der Waals surface area contributed by atoms with Gasteiger partial charge >= 0.3 is 0 Å². The number of hydrogen-bond donors (Lipinski definition) is 1. The molecule has 0 aliphatic carbocycles. The monoisotopic (exact) mass is 381 g/mol. The molecule has 144 valence electrons. The zero-order valence-corrected chi connectivity index (χ0v) is 15.8. The summed E-state index contributed by atoms with van der Waals surface area (Å²) in [5, 5.41) is 3.07. The number of carbonyl (C=O) groups is 1. The van der Waals surface area contributed by atoms with Crippen LogP contribution in [0, 0.1) is 0 Å². The van der Waals surface area contributed by atoms with E-state index in [-0.39, 0.29) is 12.5 Å². The average Bonchev–Trinajstić information content (AvgIpc) is 2.97. The summed E-state index contributed by atoms with van der Waals surface area (Å²) < 4.78 is 32.3. The van der Waals surface area contributed by atoms with E-state index in [1.807, 2.05) is 0 Å². The molecule has 0 bridgehead atoms. The highest BCUT2D eigenvalue weighted by Gasteiger charge is 2.25. The Morgan fingerprint density at radius 3 is 2.19 bits per heavy atom. The van der Waals surface area contributed by atoms with E-state index in [4.69, 9.17) is 4.74 Å². The molecule has 0 aromatic heterocycles. The van der Waals surface area contributed by atoms with Crippen LogP contribution in [-0.2, 0) is 19.6 Å². The highest BCUT2D eigenvalue weighted by Crippen LogP contribution is 2.21. The Kier molecular flexibility index (Phi) is 6.50. The van der Waals surface area contributed by atoms with Crippen molar-refractivity contribution in [2.45, 2.75) is 30.6 Å². The number of sulfonamides is 1. The Morgan fingerprint density at radius 2 is 1.58 bits per heavy atom. The van der Waals surface area contributed by atoms with Gasteiger partial charge in [0.05, 0.1) is 24.7 Å². The van der Waals surface area contributed by atoms with Crippen molar-refractivity contribution in [2.75, 3.05) is 51.3 Å². The van der Waals surface area contributed by atoms with Crippen molar-refractivity contribution in [1.82, 2.24) is 9.21 Å². The fourth-order valence-electron chi connectivity index (χ4n) is 3.28. The fraction of sp³-hybridized carbons (Fsp3) is 0.611. The van der Waals surface area contributed by atoms with Gasteiger partial charge in [0.2, 0.25) is 15.9 Å². The number of morpholine rings is 1. The molecule has 2 fully saturated rings. The highest BCUT2D eigenvalue weighted by atomic mass is 32.2. The number of nitrogens with one attached hydrogen (secondary N) is 1. The van der Waals surface area contributed by atoms with E-state index in [9.17, 15) is 13.2 Å². The molecule has 2 aliphatic heterocycles. The molecule has 3 rings (SSSR count). The summed E-state index contributed by atoms with van der Waals surface area (Å²) in [6, 6.07) is 6.66. The minimum absolute atomic E-state index is 0.0227. The van der Waals surface area contributed by atoms with Crippen molar-refractivity contribution in [3.05, 3.63) is 24.3 Å². The van der Waals surface area contributed by atoms with Crippen molar-refractivity contribution in [2.24, 2.45) is 0 Å². The zero-order valence-electron chi connectivity index (χ0n) is 15.0. The van der Waals surface area contributed by atoms with Crippen molar-refractivity contribution in [1.29, 1.82) is 0 Å². The largest absolute Gasteiger partial charge is 0.378 e. The van der Waals surface area contributed by atoms with Crippen LogP contribution in [0.2, 0.25) is 0 Å². The van der Waals surface area contributed by atoms with Crippen molar-refractivity contribution in [3.63, 3.8) is 0 Å². The number of rotatable bonds is 5. The van der Waals surface area contributed by atoms with Gasteiger partial charge in [-0.2, -0.15) is 4.31 Å². The summed E-state index contributed by atoms with van der Waals surface area (Å²) >= 11 is 0. The summed E-state index contributed by atoms with van der Waals surface area (Å²) in [5.74, 6) is 0.0227. The summed E-state index contributed by atoms with van der Waals surface area (Å²) in [4.78, 5) is 14.2. The number of anilines is 1. The first-order valence-electron chi connectivity index (χ1n) is 9.27. The Labute approximate surface area is 155 Å². The first-order valence-corrected chi connectivity index (χ1v) is 10.7. The zero-order chi connectivity index (χ0) is 18.4. The standard InChI is InChI=1S/C18H27N3O4S/c22-18(20-11-13-25-14-12-20)15-19-16-5-7-17(8-6-16)26(23,24)21-9-3-1-2-4-10-21/h5-8,19H,1-4,9-15H2. The number of nitrogens with zero attached hydrogens (tertiary/aromatic N) is 2. The van der Waals surface area contributed by atoms with E-state index in [1.54, 1.807) is 33.5 Å². The SMILES string of the molecule is O=C(CNc1ccc(S(=O)(=O)N2CCCCCC2)cc1)N1CCOCC1. The molecule has 8 heteroatoms. The molecule has 26 heavy (non-hydrogen) atoms. The third-order valence-electron chi connectivity index (χ3n) is 4.86. The lowest BCUT2D eigenvalue weighted by atomic mass is 10.2. The maximum Gasteiger partial charge on any atom is 0.243 e. The van der Waals surface area contributed by atoms with Gasteiger partial charge in [-0.3, -0.25) is 4.79 Å². The third-order valence-corrected chi connectivity index (χ3v) is 6.78. The van der Waals surface area contributed by atoms with Gasteiger partial charge in [0, 0.05) is 31.9 Å². The quantitative estimate of drug-likeness (QED) is 0.837. The van der Waals surface area contributed by atoms with Crippen LogP contribution in [0.3, 0.4) is 0 Å². The van der Waals surface area contributed by atoms with E-state index in [1.165, 1.54) is 0 Å². The molecule has 2 heterocycles. The molecule has 0 radical (unpaired) electrons. The van der Waals surface area contributed by atoms with Crippen molar-refractivity contribution < 1.29 is 17.9 Å². The highest BCUT2D eigenvalue weighted by molar-refractivity contribution is 7.89. The van der Waals surface area contributed by atoms with Crippen LogP contribution in [0.5, 0.6) is 0 Å². The van der Waals surface area contributed by atoms with Gasteiger partial charge in [-0.05, 0) is 37.1 Å². The predicted octanol–water partition coefficient (Wildman–Crippen LogP) is 1.52. The second-order valence-corrected chi connectivity index (χ2v) is 8.63. The maximum atomic E-state index is 12.8. The Balaban J connectivity index is 1.58. The second kappa shape index (κ2) is 8.83. The first-order chi connectivity index (χ1) is 12.6. The van der Waals surface area contributed by atoms with E-state index in [0.717, 1.165) is 31.4 Å². The molecular formula is C18H27N3O4S. The molecule has 0 saturated carbocycles. The minimum atomic E-state index is -3.43. The van der Waals surface area contributed by atoms with Gasteiger partial charge in [0.1, 0.15) is 0 Å². The van der Waals surface area contributed by atoms with Crippen LogP contribution in [0.15, 0.2) is 29.2 Å². The lowest BCUT2D eigenvalue weighted by molar-refractivity contribution is -0.133. The Bertz CT molecular complexity index is 692. The number of benzene rings is 1. The van der Waals surface area contributed by atoms with Crippen molar-refractivity contribution in [3.8, 4) is 0 Å². The summed E-state index contributed by atoms with van der Waals surface area (Å²) in [5.41, 5.74) is 0.737. The number of hydrogen-bond acceptors (Lipinski definition) is 5. The molecule has 0 atom stereocenters. The summed E-state index contributed by atoms with van der Waals surface area (Å²) in [7, 11) is -3.43. The van der Waals surface area contributed by atoms with Gasteiger partial charge in [0.25, 0.3) is 0 Å². The normalized spacial score (nSPS) is 19.8. The van der Waals surface area contributed by atoms with Crippen LogP contribution in [0.4, 0.5) is 5.69 Å². The smallest absolute Gasteiger partial charge is 0.243 e. The van der Waals surface area contributed by atoms with Gasteiger partial charge in [0.15, 0.2) is 0 Å².